The van der Waals surface area contributed by atoms with E-state index in [0.29, 0.717) is 40.3 Å². The second-order valence-corrected chi connectivity index (χ2v) is 8.25. The molecule has 1 unspecified atom stereocenters. The highest BCUT2D eigenvalue weighted by Crippen LogP contribution is 2.40. The number of carbonyl (C=O) groups is 2. The van der Waals surface area contributed by atoms with Gasteiger partial charge in [0.25, 0.3) is 0 Å². The molecule has 7 nitrogen and oxygen atoms in total. The zero-order valence-electron chi connectivity index (χ0n) is 19.4. The molecule has 1 aromatic heterocycles. The van der Waals surface area contributed by atoms with Gasteiger partial charge in [-0.3, -0.25) is 14.6 Å². The molecule has 0 spiro atoms. The summed E-state index contributed by atoms with van der Waals surface area (Å²) in [6.45, 7) is 3.90. The van der Waals surface area contributed by atoms with Crippen LogP contribution in [0.15, 0.2) is 42.6 Å². The van der Waals surface area contributed by atoms with E-state index in [1.807, 2.05) is 13.8 Å². The van der Waals surface area contributed by atoms with Crippen LogP contribution >= 0.6 is 0 Å². The summed E-state index contributed by atoms with van der Waals surface area (Å²) in [5.41, 5.74) is 3.81. The highest BCUT2D eigenvalue weighted by molar-refractivity contribution is 5.98. The number of hydrogen-bond acceptors (Lipinski definition) is 6. The number of benzene rings is 2. The minimum Gasteiger partial charge on any atom is -0.497 e. The number of rotatable bonds is 8. The van der Waals surface area contributed by atoms with Crippen molar-refractivity contribution in [2.45, 2.75) is 39.2 Å². The molecule has 2 aromatic carbocycles. The average molecular weight is 464 g/mol. The zero-order valence-corrected chi connectivity index (χ0v) is 19.4. The van der Waals surface area contributed by atoms with Gasteiger partial charge >= 0.3 is 0 Å². The Balaban J connectivity index is 1.35. The Hall–Kier alpha value is -3.81. The second-order valence-electron chi connectivity index (χ2n) is 8.25. The van der Waals surface area contributed by atoms with Crippen molar-refractivity contribution in [2.75, 3.05) is 13.7 Å². The number of amides is 1. The van der Waals surface area contributed by atoms with E-state index in [0.717, 1.165) is 11.4 Å². The third-order valence-electron chi connectivity index (χ3n) is 5.77. The van der Waals surface area contributed by atoms with Crippen molar-refractivity contribution in [3.05, 3.63) is 70.9 Å². The number of nitrogens with one attached hydrogen (secondary N) is 1. The van der Waals surface area contributed by atoms with Crippen molar-refractivity contribution in [3.63, 3.8) is 0 Å². The number of hydrogen-bond donors (Lipinski definition) is 1. The van der Waals surface area contributed by atoms with Gasteiger partial charge in [0.2, 0.25) is 5.91 Å². The molecule has 1 aliphatic rings. The summed E-state index contributed by atoms with van der Waals surface area (Å²) in [7, 11) is 1.56. The van der Waals surface area contributed by atoms with Crippen molar-refractivity contribution >= 4 is 11.7 Å². The highest BCUT2D eigenvalue weighted by atomic mass is 19.1. The maximum Gasteiger partial charge on any atom is 0.220 e. The molecule has 0 aliphatic carbocycles. The number of aromatic nitrogens is 2. The van der Waals surface area contributed by atoms with E-state index in [1.165, 1.54) is 6.07 Å². The van der Waals surface area contributed by atoms with Crippen molar-refractivity contribution in [1.29, 1.82) is 0 Å². The average Bonchev–Trinajstić information content (AvgIpc) is 3.28. The van der Waals surface area contributed by atoms with Crippen LogP contribution in [0.3, 0.4) is 0 Å². The summed E-state index contributed by atoms with van der Waals surface area (Å²) in [5.74, 6) is 0.370. The lowest BCUT2D eigenvalue weighted by Crippen LogP contribution is -2.34. The normalized spacial score (nSPS) is 14.3. The lowest BCUT2D eigenvalue weighted by Gasteiger charge is -2.14. The fraction of sp³-hybridized carbons (Fsp3) is 0.308. The van der Waals surface area contributed by atoms with Crippen molar-refractivity contribution in [1.82, 2.24) is 15.3 Å². The number of ether oxygens (including phenoxy) is 2. The van der Waals surface area contributed by atoms with Gasteiger partial charge in [-0.2, -0.15) is 0 Å². The minimum absolute atomic E-state index is 0.0578. The predicted octanol–water partition coefficient (Wildman–Crippen LogP) is 3.99. The maximum atomic E-state index is 14.5. The number of halogens is 1. The van der Waals surface area contributed by atoms with Crippen molar-refractivity contribution in [2.24, 2.45) is 0 Å². The van der Waals surface area contributed by atoms with E-state index >= 15 is 0 Å². The van der Waals surface area contributed by atoms with Crippen LogP contribution in [0.2, 0.25) is 0 Å². The van der Waals surface area contributed by atoms with E-state index in [4.69, 9.17) is 9.47 Å². The van der Waals surface area contributed by atoms with E-state index in [-0.39, 0.29) is 36.9 Å². The monoisotopic (exact) mass is 463 g/mol. The fourth-order valence-electron chi connectivity index (χ4n) is 3.92. The smallest absolute Gasteiger partial charge is 0.220 e. The van der Waals surface area contributed by atoms with Gasteiger partial charge in [0, 0.05) is 42.1 Å². The van der Waals surface area contributed by atoms with Gasteiger partial charge in [0.1, 0.15) is 23.4 Å². The topological polar surface area (TPSA) is 90.4 Å². The summed E-state index contributed by atoms with van der Waals surface area (Å²) in [6.07, 6.45) is 1.75. The molecular weight excluding hydrogens is 437 g/mol. The SMILES string of the molecule is COc1ccc(C(=O)CCC(=O)NCC2Cc3c(F)ccc(-c4nc(C)cnc4C)c3O2)cc1. The van der Waals surface area contributed by atoms with Crippen LogP contribution < -0.4 is 14.8 Å². The molecule has 8 heteroatoms. The van der Waals surface area contributed by atoms with E-state index in [2.05, 4.69) is 15.3 Å². The van der Waals surface area contributed by atoms with E-state index in [1.54, 1.807) is 43.6 Å². The van der Waals surface area contributed by atoms with Crippen LogP contribution in [-0.2, 0) is 11.2 Å². The minimum atomic E-state index is -0.412. The van der Waals surface area contributed by atoms with Gasteiger partial charge < -0.3 is 14.8 Å². The first-order valence-corrected chi connectivity index (χ1v) is 11.1. The molecule has 3 aromatic rings. The molecule has 0 saturated heterocycles. The molecule has 0 radical (unpaired) electrons. The fourth-order valence-corrected chi connectivity index (χ4v) is 3.92. The Morgan fingerprint density at radius 3 is 2.65 bits per heavy atom. The first-order valence-electron chi connectivity index (χ1n) is 11.1. The first-order chi connectivity index (χ1) is 16.4. The molecular formula is C26H26FN3O4. The lowest BCUT2D eigenvalue weighted by molar-refractivity contribution is -0.121. The Morgan fingerprint density at radius 2 is 1.91 bits per heavy atom. The van der Waals surface area contributed by atoms with Crippen LogP contribution in [0.25, 0.3) is 11.3 Å². The van der Waals surface area contributed by atoms with Crippen molar-refractivity contribution < 1.29 is 23.5 Å². The van der Waals surface area contributed by atoms with Gasteiger partial charge in [-0.1, -0.05) is 0 Å². The summed E-state index contributed by atoms with van der Waals surface area (Å²) >= 11 is 0. The molecule has 1 amide bonds. The van der Waals surface area contributed by atoms with Gasteiger partial charge in [0.15, 0.2) is 5.78 Å². The van der Waals surface area contributed by atoms with Crippen LogP contribution in [0.4, 0.5) is 4.39 Å². The standard InChI is InChI=1S/C26H26FN3O4/c1-15-13-28-16(2)25(30-15)20-8-9-22(27)21-12-19(34-26(20)21)14-29-24(32)11-10-23(31)17-4-6-18(33-3)7-5-17/h4-9,13,19H,10-12,14H2,1-3H3,(H,29,32). The third kappa shape index (κ3) is 5.06. The quantitative estimate of drug-likeness (QED) is 0.508. The number of fused-ring (bicyclic) bond motifs is 1. The summed E-state index contributed by atoms with van der Waals surface area (Å²) in [4.78, 5) is 33.5. The Bertz CT molecular complexity index is 1230. The number of aryl methyl sites for hydroxylation is 2. The molecule has 0 bridgehead atoms. The lowest BCUT2D eigenvalue weighted by atomic mass is 10.0. The number of ketones is 1. The molecule has 1 N–H and O–H groups in total. The number of Topliss-reactive ketones (excluding diaryl/α,β-unsaturated/α-hetero) is 1. The Kier molecular flexibility index (Phi) is 6.86. The predicted molar refractivity (Wildman–Crippen MR) is 125 cm³/mol. The molecule has 0 saturated carbocycles. The molecule has 1 aliphatic heterocycles. The maximum absolute atomic E-state index is 14.5. The second kappa shape index (κ2) is 9.99. The number of methoxy groups -OCH3 is 1. The molecule has 1 atom stereocenters. The van der Waals surface area contributed by atoms with Gasteiger partial charge in [-0.15, -0.1) is 0 Å². The van der Waals surface area contributed by atoms with Crippen LogP contribution in [0.1, 0.15) is 40.2 Å². The molecule has 0 fully saturated rings. The largest absolute Gasteiger partial charge is 0.497 e. The zero-order chi connectivity index (χ0) is 24.2. The Morgan fingerprint density at radius 1 is 1.15 bits per heavy atom. The van der Waals surface area contributed by atoms with Crippen LogP contribution in [0.5, 0.6) is 11.5 Å². The summed E-state index contributed by atoms with van der Waals surface area (Å²) in [6, 6.07) is 9.83. The summed E-state index contributed by atoms with van der Waals surface area (Å²) < 4.78 is 25.6. The van der Waals surface area contributed by atoms with Gasteiger partial charge in [-0.25, -0.2) is 9.37 Å². The van der Waals surface area contributed by atoms with Crippen LogP contribution in [-0.4, -0.2) is 41.4 Å². The van der Waals surface area contributed by atoms with Gasteiger partial charge in [-0.05, 0) is 50.2 Å². The van der Waals surface area contributed by atoms with E-state index < -0.39 is 6.10 Å². The van der Waals surface area contributed by atoms with Crippen molar-refractivity contribution in [3.8, 4) is 22.8 Å². The highest BCUT2D eigenvalue weighted by Gasteiger charge is 2.30. The van der Waals surface area contributed by atoms with Crippen LogP contribution in [0, 0.1) is 19.7 Å². The molecule has 176 valence electrons. The molecule has 2 heterocycles. The molecule has 4 rings (SSSR count). The van der Waals surface area contributed by atoms with Gasteiger partial charge in [0.05, 0.1) is 30.7 Å². The third-order valence-corrected chi connectivity index (χ3v) is 5.77. The first kappa shape index (κ1) is 23.4. The molecule has 34 heavy (non-hydrogen) atoms. The Labute approximate surface area is 197 Å². The summed E-state index contributed by atoms with van der Waals surface area (Å²) in [5, 5.41) is 2.80. The number of nitrogens with zero attached hydrogens (tertiary/aromatic N) is 2. The van der Waals surface area contributed by atoms with E-state index in [9.17, 15) is 14.0 Å². The number of carbonyl (C=O) groups excluding carboxylic acids is 2.